The van der Waals surface area contributed by atoms with Gasteiger partial charge in [0, 0.05) is 36.8 Å². The van der Waals surface area contributed by atoms with E-state index in [1.165, 1.54) is 26.4 Å². The lowest BCUT2D eigenvalue weighted by Crippen LogP contribution is -2.33. The number of aldehydes is 1. The van der Waals surface area contributed by atoms with Crippen LogP contribution in [0.25, 0.3) is 11.1 Å². The van der Waals surface area contributed by atoms with Crippen LogP contribution < -0.4 is 15.4 Å². The number of methoxy groups -OCH3 is 1. The number of rotatable bonds is 8. The molecule has 0 aliphatic rings. The van der Waals surface area contributed by atoms with E-state index in [1.807, 2.05) is 6.07 Å². The fourth-order valence-electron chi connectivity index (χ4n) is 3.68. The molecule has 2 aromatic heterocycles. The highest BCUT2D eigenvalue weighted by Gasteiger charge is 2.35. The SMILES string of the molecule is COc1ncc(-c2cccc(N=C(Nc3ccccc3)[C@H](C)Nc3nc(C)ncc3C(F)(F)F)c2C=O)cn1.[HH]. The Morgan fingerprint density at radius 1 is 1.05 bits per heavy atom. The van der Waals surface area contributed by atoms with Crippen molar-refractivity contribution in [2.24, 2.45) is 4.99 Å². The standard InChI is InChI=1S/C27H24F3N7O2.H2/c1-16(34-25-22(27(28,29)30)14-31-17(2)35-25)24(36-19-8-5-4-6-9-19)37-23-11-7-10-20(21(23)15-38)18-12-32-26(39-3)33-13-18;/h4-16H,1-3H3,(H,36,37)(H,31,34,35);1H/t16-;/m0./s1. The van der Waals surface area contributed by atoms with Gasteiger partial charge in [0.1, 0.15) is 23.0 Å². The first-order chi connectivity index (χ1) is 18.7. The molecule has 4 rings (SSSR count). The Bertz CT molecular complexity index is 1480. The summed E-state index contributed by atoms with van der Waals surface area (Å²) in [5, 5.41) is 5.96. The van der Waals surface area contributed by atoms with Crippen molar-refractivity contribution >= 4 is 29.3 Å². The molecule has 2 heterocycles. The molecular formula is C27H26F3N7O2. The number of hydrogen-bond donors (Lipinski definition) is 2. The van der Waals surface area contributed by atoms with Gasteiger partial charge in [-0.25, -0.2) is 24.9 Å². The molecule has 0 aliphatic carbocycles. The number of halogens is 3. The Hall–Kier alpha value is -4.87. The molecule has 0 spiro atoms. The fraction of sp³-hybridized carbons (Fsp3) is 0.185. The number of alkyl halides is 3. The Morgan fingerprint density at radius 3 is 2.41 bits per heavy atom. The zero-order chi connectivity index (χ0) is 28.0. The summed E-state index contributed by atoms with van der Waals surface area (Å²) < 4.78 is 46.0. The van der Waals surface area contributed by atoms with Gasteiger partial charge in [0.25, 0.3) is 0 Å². The lowest BCUT2D eigenvalue weighted by molar-refractivity contribution is -0.137. The molecule has 0 bridgehead atoms. The number of carbonyl (C=O) groups is 1. The van der Waals surface area contributed by atoms with Gasteiger partial charge in [0.2, 0.25) is 0 Å². The number of benzene rings is 2. The lowest BCUT2D eigenvalue weighted by atomic mass is 10.0. The molecule has 0 fully saturated rings. The molecule has 202 valence electrons. The summed E-state index contributed by atoms with van der Waals surface area (Å²) in [6.45, 7) is 3.13. The second-order valence-corrected chi connectivity index (χ2v) is 8.35. The van der Waals surface area contributed by atoms with Crippen LogP contribution in [-0.2, 0) is 6.18 Å². The zero-order valence-corrected chi connectivity index (χ0v) is 21.2. The van der Waals surface area contributed by atoms with E-state index in [0.717, 1.165) is 6.20 Å². The van der Waals surface area contributed by atoms with Crippen LogP contribution in [0.3, 0.4) is 0 Å². The summed E-state index contributed by atoms with van der Waals surface area (Å²) in [5.74, 6) is 0.0338. The van der Waals surface area contributed by atoms with E-state index >= 15 is 0 Å². The van der Waals surface area contributed by atoms with E-state index in [4.69, 9.17) is 4.74 Å². The number of nitrogens with zero attached hydrogens (tertiary/aromatic N) is 5. The minimum absolute atomic E-state index is 0. The highest BCUT2D eigenvalue weighted by molar-refractivity contribution is 6.04. The van der Waals surface area contributed by atoms with Gasteiger partial charge in [0.05, 0.1) is 18.8 Å². The number of ether oxygens (including phenoxy) is 1. The van der Waals surface area contributed by atoms with Crippen molar-refractivity contribution in [1.29, 1.82) is 0 Å². The summed E-state index contributed by atoms with van der Waals surface area (Å²) >= 11 is 0. The Kier molecular flexibility index (Phi) is 8.13. The minimum atomic E-state index is -4.67. The third-order valence-corrected chi connectivity index (χ3v) is 5.59. The van der Waals surface area contributed by atoms with E-state index in [-0.39, 0.29) is 30.5 Å². The van der Waals surface area contributed by atoms with Crippen LogP contribution in [0.1, 0.15) is 30.1 Å². The number of aryl methyl sites for hydroxylation is 1. The molecule has 9 nitrogen and oxygen atoms in total. The molecule has 2 N–H and O–H groups in total. The second-order valence-electron chi connectivity index (χ2n) is 8.35. The molecule has 0 aliphatic heterocycles. The van der Waals surface area contributed by atoms with Crippen molar-refractivity contribution in [2.75, 3.05) is 17.7 Å². The van der Waals surface area contributed by atoms with Gasteiger partial charge < -0.3 is 15.4 Å². The molecule has 0 saturated heterocycles. The average Bonchev–Trinajstić information content (AvgIpc) is 2.92. The minimum Gasteiger partial charge on any atom is -0.467 e. The molecule has 12 heteroatoms. The summed E-state index contributed by atoms with van der Waals surface area (Å²) in [4.78, 5) is 32.8. The van der Waals surface area contributed by atoms with Crippen LogP contribution in [0, 0.1) is 6.92 Å². The number of carbonyl (C=O) groups excluding carboxylic acids is 1. The maximum atomic E-state index is 13.7. The van der Waals surface area contributed by atoms with Crippen molar-refractivity contribution in [3.05, 3.63) is 84.1 Å². The monoisotopic (exact) mass is 537 g/mol. The summed E-state index contributed by atoms with van der Waals surface area (Å²) in [7, 11) is 1.44. The predicted octanol–water partition coefficient (Wildman–Crippen LogP) is 5.97. The molecule has 2 aromatic carbocycles. The zero-order valence-electron chi connectivity index (χ0n) is 21.2. The van der Waals surface area contributed by atoms with Gasteiger partial charge in [0.15, 0.2) is 6.29 Å². The summed E-state index contributed by atoms with van der Waals surface area (Å²) in [6.07, 6.45) is -0.231. The van der Waals surface area contributed by atoms with Gasteiger partial charge in [-0.1, -0.05) is 30.3 Å². The highest BCUT2D eigenvalue weighted by atomic mass is 19.4. The van der Waals surface area contributed by atoms with Crippen molar-refractivity contribution < 1.29 is 24.1 Å². The van der Waals surface area contributed by atoms with E-state index < -0.39 is 17.8 Å². The summed E-state index contributed by atoms with van der Waals surface area (Å²) in [5.41, 5.74) is 1.27. The number of anilines is 2. The lowest BCUT2D eigenvalue weighted by Gasteiger charge is -2.21. The molecule has 0 amide bonds. The smallest absolute Gasteiger partial charge is 0.421 e. The van der Waals surface area contributed by atoms with Crippen LogP contribution >= 0.6 is 0 Å². The van der Waals surface area contributed by atoms with Gasteiger partial charge >= 0.3 is 12.2 Å². The average molecular weight is 538 g/mol. The van der Waals surface area contributed by atoms with Gasteiger partial charge in [-0.3, -0.25) is 4.79 Å². The number of aliphatic imine (C=N–C) groups is 1. The van der Waals surface area contributed by atoms with Crippen molar-refractivity contribution in [3.63, 3.8) is 0 Å². The number of aromatic nitrogens is 4. The van der Waals surface area contributed by atoms with E-state index in [1.54, 1.807) is 49.4 Å². The van der Waals surface area contributed by atoms with Crippen LogP contribution in [0.2, 0.25) is 0 Å². The molecule has 0 unspecified atom stereocenters. The maximum Gasteiger partial charge on any atom is 0.421 e. The van der Waals surface area contributed by atoms with Crippen LogP contribution in [0.15, 0.2) is 72.1 Å². The number of nitrogens with one attached hydrogen (secondary N) is 2. The molecular weight excluding hydrogens is 511 g/mol. The third-order valence-electron chi connectivity index (χ3n) is 5.59. The number of hydrogen-bond acceptors (Lipinski definition) is 8. The molecule has 0 saturated carbocycles. The molecule has 0 radical (unpaired) electrons. The van der Waals surface area contributed by atoms with Crippen LogP contribution in [0.5, 0.6) is 6.01 Å². The largest absolute Gasteiger partial charge is 0.467 e. The predicted molar refractivity (Wildman–Crippen MR) is 144 cm³/mol. The summed E-state index contributed by atoms with van der Waals surface area (Å²) in [6, 6.07) is 13.4. The molecule has 39 heavy (non-hydrogen) atoms. The van der Waals surface area contributed by atoms with Crippen molar-refractivity contribution in [2.45, 2.75) is 26.1 Å². The topological polar surface area (TPSA) is 114 Å². The van der Waals surface area contributed by atoms with E-state index in [0.29, 0.717) is 28.8 Å². The second kappa shape index (κ2) is 11.7. The van der Waals surface area contributed by atoms with Crippen molar-refractivity contribution in [3.8, 4) is 17.1 Å². The van der Waals surface area contributed by atoms with Gasteiger partial charge in [-0.2, -0.15) is 13.2 Å². The Morgan fingerprint density at radius 2 is 1.77 bits per heavy atom. The molecule has 4 aromatic rings. The highest BCUT2D eigenvalue weighted by Crippen LogP contribution is 2.34. The maximum absolute atomic E-state index is 13.7. The Labute approximate surface area is 223 Å². The first kappa shape index (κ1) is 27.2. The normalized spacial score (nSPS) is 12.5. The van der Waals surface area contributed by atoms with Gasteiger partial charge in [-0.05, 0) is 37.6 Å². The Balaban J connectivity index is 0.00000441. The van der Waals surface area contributed by atoms with Gasteiger partial charge in [-0.15, -0.1) is 0 Å². The number of amidine groups is 1. The quantitative estimate of drug-likeness (QED) is 0.161. The molecule has 1 atom stereocenters. The first-order valence-corrected chi connectivity index (χ1v) is 11.7. The first-order valence-electron chi connectivity index (χ1n) is 11.7. The number of para-hydroxylation sites is 1. The third kappa shape index (κ3) is 6.53. The van der Waals surface area contributed by atoms with E-state index in [9.17, 15) is 18.0 Å². The van der Waals surface area contributed by atoms with Crippen LogP contribution in [0.4, 0.5) is 30.4 Å². The van der Waals surface area contributed by atoms with E-state index in [2.05, 4.69) is 35.6 Å². The van der Waals surface area contributed by atoms with Crippen LogP contribution in [-0.4, -0.2) is 45.2 Å². The fourth-order valence-corrected chi connectivity index (χ4v) is 3.68. The van der Waals surface area contributed by atoms with Crippen molar-refractivity contribution in [1.82, 2.24) is 19.9 Å².